The number of phenols is 1. The van der Waals surface area contributed by atoms with Gasteiger partial charge in [0.05, 0.1) is 0 Å². The van der Waals surface area contributed by atoms with Crippen molar-refractivity contribution in [3.05, 3.63) is 51.5 Å². The van der Waals surface area contributed by atoms with Crippen molar-refractivity contribution >= 4 is 15.9 Å². The molecule has 0 atom stereocenters. The third-order valence-corrected chi connectivity index (χ3v) is 4.67. The SMILES string of the molecule is C#Cc1ccc(Br)cc1-c1cc(C(C)(C)C)c(O)c(C(C)(C)C)c1. The van der Waals surface area contributed by atoms with Crippen molar-refractivity contribution < 1.29 is 5.11 Å². The highest BCUT2D eigenvalue weighted by molar-refractivity contribution is 9.10. The summed E-state index contributed by atoms with van der Waals surface area (Å²) in [5.41, 5.74) is 4.44. The van der Waals surface area contributed by atoms with Crippen molar-refractivity contribution in [2.75, 3.05) is 0 Å². The Labute approximate surface area is 154 Å². The van der Waals surface area contributed by atoms with E-state index in [1.807, 2.05) is 18.2 Å². The molecule has 2 heteroatoms. The van der Waals surface area contributed by atoms with Gasteiger partial charge in [0.15, 0.2) is 0 Å². The van der Waals surface area contributed by atoms with E-state index in [4.69, 9.17) is 6.42 Å². The third kappa shape index (κ3) is 3.68. The molecule has 0 saturated heterocycles. The molecule has 0 bridgehead atoms. The number of halogens is 1. The molecule has 0 saturated carbocycles. The lowest BCUT2D eigenvalue weighted by Gasteiger charge is -2.28. The lowest BCUT2D eigenvalue weighted by Crippen LogP contribution is -2.17. The topological polar surface area (TPSA) is 20.2 Å². The Morgan fingerprint density at radius 1 is 0.917 bits per heavy atom. The van der Waals surface area contributed by atoms with Crippen LogP contribution in [0.5, 0.6) is 5.75 Å². The molecule has 2 rings (SSSR count). The van der Waals surface area contributed by atoms with Gasteiger partial charge in [-0.1, -0.05) is 63.4 Å². The zero-order valence-electron chi connectivity index (χ0n) is 15.3. The summed E-state index contributed by atoms with van der Waals surface area (Å²) in [7, 11) is 0. The molecule has 126 valence electrons. The van der Waals surface area contributed by atoms with Gasteiger partial charge < -0.3 is 5.11 Å². The van der Waals surface area contributed by atoms with E-state index in [1.54, 1.807) is 0 Å². The van der Waals surface area contributed by atoms with Crippen molar-refractivity contribution in [2.45, 2.75) is 52.4 Å². The monoisotopic (exact) mass is 384 g/mol. The molecule has 0 fully saturated rings. The van der Waals surface area contributed by atoms with Crippen LogP contribution in [0.25, 0.3) is 11.1 Å². The summed E-state index contributed by atoms with van der Waals surface area (Å²) in [5.74, 6) is 3.15. The minimum Gasteiger partial charge on any atom is -0.507 e. The lowest BCUT2D eigenvalue weighted by molar-refractivity contribution is 0.423. The van der Waals surface area contributed by atoms with E-state index in [9.17, 15) is 5.11 Å². The molecule has 0 heterocycles. The highest BCUT2D eigenvalue weighted by Crippen LogP contribution is 2.42. The predicted octanol–water partition coefficient (Wildman–Crippen LogP) is 6.40. The first kappa shape index (κ1) is 18.6. The van der Waals surface area contributed by atoms with Crippen LogP contribution in [-0.4, -0.2) is 5.11 Å². The van der Waals surface area contributed by atoms with Crippen molar-refractivity contribution in [1.29, 1.82) is 0 Å². The van der Waals surface area contributed by atoms with E-state index < -0.39 is 0 Å². The van der Waals surface area contributed by atoms with Gasteiger partial charge in [0, 0.05) is 21.2 Å². The van der Waals surface area contributed by atoms with Crippen LogP contribution in [0.3, 0.4) is 0 Å². The van der Waals surface area contributed by atoms with Gasteiger partial charge in [-0.15, -0.1) is 6.42 Å². The van der Waals surface area contributed by atoms with Crippen LogP contribution in [0, 0.1) is 12.3 Å². The van der Waals surface area contributed by atoms with Gasteiger partial charge >= 0.3 is 0 Å². The van der Waals surface area contributed by atoms with Gasteiger partial charge in [0.25, 0.3) is 0 Å². The van der Waals surface area contributed by atoms with E-state index in [1.165, 1.54) is 0 Å². The fourth-order valence-electron chi connectivity index (χ4n) is 2.81. The van der Waals surface area contributed by atoms with Crippen molar-refractivity contribution in [3.8, 4) is 29.2 Å². The number of rotatable bonds is 1. The summed E-state index contributed by atoms with van der Waals surface area (Å²) in [6, 6.07) is 10.1. The summed E-state index contributed by atoms with van der Waals surface area (Å²) in [5, 5.41) is 10.9. The summed E-state index contributed by atoms with van der Waals surface area (Å²) in [4.78, 5) is 0. The molecule has 0 spiro atoms. The van der Waals surface area contributed by atoms with Gasteiger partial charge in [0.2, 0.25) is 0 Å². The molecular weight excluding hydrogens is 360 g/mol. The van der Waals surface area contributed by atoms with Crippen LogP contribution in [-0.2, 0) is 10.8 Å². The minimum atomic E-state index is -0.164. The molecule has 1 nitrogen and oxygen atoms in total. The van der Waals surface area contributed by atoms with E-state index in [0.29, 0.717) is 5.75 Å². The highest BCUT2D eigenvalue weighted by atomic mass is 79.9. The smallest absolute Gasteiger partial charge is 0.123 e. The Bertz CT molecular complexity index is 776. The van der Waals surface area contributed by atoms with E-state index in [2.05, 4.69) is 75.5 Å². The fraction of sp³-hybridized carbons (Fsp3) is 0.364. The zero-order chi connectivity index (χ0) is 18.3. The number of benzene rings is 2. The van der Waals surface area contributed by atoms with Gasteiger partial charge in [-0.25, -0.2) is 0 Å². The zero-order valence-corrected chi connectivity index (χ0v) is 16.9. The lowest BCUT2D eigenvalue weighted by atomic mass is 9.77. The number of hydrogen-bond donors (Lipinski definition) is 1. The van der Waals surface area contributed by atoms with Crippen molar-refractivity contribution in [1.82, 2.24) is 0 Å². The van der Waals surface area contributed by atoms with E-state index in [-0.39, 0.29) is 10.8 Å². The number of terminal acetylenes is 1. The summed E-state index contributed by atoms with van der Waals surface area (Å²) in [6.45, 7) is 12.7. The standard InChI is InChI=1S/C22H25BrO/c1-8-14-9-10-16(23)13-17(14)15-11-18(21(2,3)4)20(24)19(12-15)22(5,6)7/h1,9-13,24H,2-7H3. The van der Waals surface area contributed by atoms with E-state index in [0.717, 1.165) is 32.3 Å². The summed E-state index contributed by atoms with van der Waals surface area (Å²) < 4.78 is 0.985. The molecule has 0 radical (unpaired) electrons. The Balaban J connectivity index is 2.87. The average Bonchev–Trinajstić information content (AvgIpc) is 2.45. The van der Waals surface area contributed by atoms with Gasteiger partial charge in [0.1, 0.15) is 5.75 Å². The fourth-order valence-corrected chi connectivity index (χ4v) is 3.18. The Morgan fingerprint density at radius 3 is 1.83 bits per heavy atom. The molecule has 2 aromatic carbocycles. The first-order chi connectivity index (χ1) is 10.9. The molecule has 0 aromatic heterocycles. The third-order valence-electron chi connectivity index (χ3n) is 4.17. The normalized spacial score (nSPS) is 12.1. The molecule has 2 aromatic rings. The number of aromatic hydroxyl groups is 1. The largest absolute Gasteiger partial charge is 0.507 e. The second-order valence-electron chi connectivity index (χ2n) is 8.25. The first-order valence-corrected chi connectivity index (χ1v) is 8.89. The second-order valence-corrected chi connectivity index (χ2v) is 9.17. The highest BCUT2D eigenvalue weighted by Gasteiger charge is 2.27. The van der Waals surface area contributed by atoms with Crippen molar-refractivity contribution in [2.24, 2.45) is 0 Å². The van der Waals surface area contributed by atoms with Crippen LogP contribution in [0.4, 0.5) is 0 Å². The maximum Gasteiger partial charge on any atom is 0.123 e. The number of hydrogen-bond acceptors (Lipinski definition) is 1. The molecule has 24 heavy (non-hydrogen) atoms. The van der Waals surface area contributed by atoms with Crippen LogP contribution < -0.4 is 0 Å². The molecule has 0 unspecified atom stereocenters. The quantitative estimate of drug-likeness (QED) is 0.564. The van der Waals surface area contributed by atoms with Crippen LogP contribution >= 0.6 is 15.9 Å². The van der Waals surface area contributed by atoms with Gasteiger partial charge in [-0.05, 0) is 52.3 Å². The van der Waals surface area contributed by atoms with Gasteiger partial charge in [-0.2, -0.15) is 0 Å². The predicted molar refractivity (Wildman–Crippen MR) is 107 cm³/mol. The average molecular weight is 385 g/mol. The molecule has 0 amide bonds. The maximum atomic E-state index is 10.9. The van der Waals surface area contributed by atoms with Crippen LogP contribution in [0.1, 0.15) is 58.2 Å². The molecule has 0 aliphatic rings. The second kappa shape index (κ2) is 6.30. The number of phenolic OH excluding ortho intramolecular Hbond substituents is 1. The van der Waals surface area contributed by atoms with Crippen LogP contribution in [0.15, 0.2) is 34.8 Å². The molecule has 1 N–H and O–H groups in total. The molecule has 0 aliphatic carbocycles. The maximum absolute atomic E-state index is 10.9. The van der Waals surface area contributed by atoms with E-state index >= 15 is 0 Å². The first-order valence-electron chi connectivity index (χ1n) is 8.09. The Hall–Kier alpha value is -1.72. The molecular formula is C22H25BrO. The summed E-state index contributed by atoms with van der Waals surface area (Å²) in [6.07, 6.45) is 5.70. The van der Waals surface area contributed by atoms with Crippen molar-refractivity contribution in [3.63, 3.8) is 0 Å². The summed E-state index contributed by atoms with van der Waals surface area (Å²) >= 11 is 3.54. The molecule has 0 aliphatic heterocycles. The Kier molecular flexibility index (Phi) is 4.88. The minimum absolute atomic E-state index is 0.164. The van der Waals surface area contributed by atoms with Gasteiger partial charge in [-0.3, -0.25) is 0 Å². The Morgan fingerprint density at radius 2 is 1.42 bits per heavy atom. The van der Waals surface area contributed by atoms with Crippen LogP contribution in [0.2, 0.25) is 0 Å².